The lowest BCUT2D eigenvalue weighted by molar-refractivity contribution is -0.116. The van der Waals surface area contributed by atoms with Crippen LogP contribution in [0.2, 0.25) is 0 Å². The molecule has 0 saturated carbocycles. The van der Waals surface area contributed by atoms with Gasteiger partial charge in [0.25, 0.3) is 0 Å². The number of halogens is 1. The fourth-order valence-electron chi connectivity index (χ4n) is 3.01. The number of aromatic nitrogens is 1. The number of amides is 1. The lowest BCUT2D eigenvalue weighted by Crippen LogP contribution is -2.32. The summed E-state index contributed by atoms with van der Waals surface area (Å²) in [5, 5.41) is 6.82. The monoisotopic (exact) mass is 405 g/mol. The lowest BCUT2D eigenvalue weighted by atomic mass is 10.1. The molecule has 2 N–H and O–H groups in total. The molecule has 1 amide bonds. The van der Waals surface area contributed by atoms with Gasteiger partial charge in [-0.25, -0.2) is 9.37 Å². The van der Waals surface area contributed by atoms with Crippen molar-refractivity contribution >= 4 is 38.8 Å². The Morgan fingerprint density at radius 3 is 2.52 bits per heavy atom. The normalized spacial score (nSPS) is 11.9. The number of carbonyl (C=O) groups excluding carboxylic acids is 1. The second-order valence-electron chi connectivity index (χ2n) is 6.78. The van der Waals surface area contributed by atoms with Gasteiger partial charge in [-0.3, -0.25) is 4.79 Å². The average molecular weight is 405 g/mol. The van der Waals surface area contributed by atoms with E-state index in [0.29, 0.717) is 0 Å². The van der Waals surface area contributed by atoms with Gasteiger partial charge in [-0.2, -0.15) is 0 Å². The second kappa shape index (κ2) is 8.41. The van der Waals surface area contributed by atoms with Crippen LogP contribution in [-0.4, -0.2) is 16.9 Å². The Labute approximate surface area is 172 Å². The van der Waals surface area contributed by atoms with Crippen molar-refractivity contribution < 1.29 is 9.18 Å². The molecule has 0 radical (unpaired) electrons. The van der Waals surface area contributed by atoms with Crippen LogP contribution >= 0.6 is 11.3 Å². The summed E-state index contributed by atoms with van der Waals surface area (Å²) >= 11 is 1.70. The molecule has 0 bridgehead atoms. The lowest BCUT2D eigenvalue weighted by Gasteiger charge is -2.16. The van der Waals surface area contributed by atoms with Crippen LogP contribution in [0.5, 0.6) is 0 Å². The highest BCUT2D eigenvalue weighted by molar-refractivity contribution is 7.18. The van der Waals surface area contributed by atoms with Crippen LogP contribution in [0.4, 0.5) is 15.8 Å². The van der Waals surface area contributed by atoms with Crippen molar-refractivity contribution in [2.75, 3.05) is 10.6 Å². The number of hydrogen-bond acceptors (Lipinski definition) is 4. The van der Waals surface area contributed by atoms with Gasteiger partial charge in [-0.1, -0.05) is 36.4 Å². The first-order chi connectivity index (χ1) is 14.1. The van der Waals surface area contributed by atoms with E-state index < -0.39 is 11.9 Å². The highest BCUT2D eigenvalue weighted by atomic mass is 32.1. The summed E-state index contributed by atoms with van der Waals surface area (Å²) in [7, 11) is 0. The van der Waals surface area contributed by atoms with Crippen molar-refractivity contribution in [3.8, 4) is 0 Å². The minimum atomic E-state index is -0.510. The van der Waals surface area contributed by atoms with Crippen molar-refractivity contribution in [1.29, 1.82) is 0 Å². The molecule has 0 aliphatic carbocycles. The van der Waals surface area contributed by atoms with Gasteiger partial charge in [-0.15, -0.1) is 11.3 Å². The molecule has 0 saturated heterocycles. The summed E-state index contributed by atoms with van der Waals surface area (Å²) in [5.41, 5.74) is 3.19. The molecule has 0 fully saturated rings. The fourth-order valence-corrected chi connectivity index (χ4v) is 4.01. The highest BCUT2D eigenvalue weighted by Gasteiger charge is 2.14. The number of nitrogens with one attached hydrogen (secondary N) is 2. The molecule has 0 aliphatic heterocycles. The summed E-state index contributed by atoms with van der Waals surface area (Å²) in [5.74, 6) is -0.749. The Bertz CT molecular complexity index is 1110. The number of hydrogen-bond donors (Lipinski definition) is 2. The van der Waals surface area contributed by atoms with E-state index in [9.17, 15) is 9.18 Å². The van der Waals surface area contributed by atoms with E-state index in [-0.39, 0.29) is 11.6 Å². The average Bonchev–Trinajstić information content (AvgIpc) is 3.13. The molecule has 29 heavy (non-hydrogen) atoms. The van der Waals surface area contributed by atoms with Gasteiger partial charge in [0, 0.05) is 12.1 Å². The maximum atomic E-state index is 13.7. The summed E-state index contributed by atoms with van der Waals surface area (Å²) in [6, 6.07) is 21.7. The molecule has 1 aromatic heterocycles. The Kier molecular flexibility index (Phi) is 5.53. The molecule has 0 aliphatic rings. The highest BCUT2D eigenvalue weighted by Crippen LogP contribution is 2.24. The van der Waals surface area contributed by atoms with Gasteiger partial charge in [0.2, 0.25) is 5.91 Å². The first-order valence-electron chi connectivity index (χ1n) is 9.34. The molecule has 4 rings (SSSR count). The summed E-state index contributed by atoms with van der Waals surface area (Å²) in [6.45, 7) is 1.74. The van der Waals surface area contributed by atoms with Gasteiger partial charge in [-0.05, 0) is 48.9 Å². The zero-order chi connectivity index (χ0) is 20.2. The Hall–Kier alpha value is -3.25. The topological polar surface area (TPSA) is 54.0 Å². The zero-order valence-corrected chi connectivity index (χ0v) is 16.7. The number of carbonyl (C=O) groups is 1. The third-order valence-electron chi connectivity index (χ3n) is 4.56. The van der Waals surface area contributed by atoms with Crippen LogP contribution in [-0.2, 0) is 11.2 Å². The van der Waals surface area contributed by atoms with Crippen LogP contribution in [0.1, 0.15) is 17.5 Å². The quantitative estimate of drug-likeness (QED) is 0.448. The van der Waals surface area contributed by atoms with Gasteiger partial charge in [0.05, 0.1) is 20.9 Å². The van der Waals surface area contributed by atoms with Crippen molar-refractivity contribution in [3.63, 3.8) is 0 Å². The first-order valence-corrected chi connectivity index (χ1v) is 10.2. The molecule has 0 unspecified atom stereocenters. The number of fused-ring (bicyclic) bond motifs is 1. The number of thiazole rings is 1. The summed E-state index contributed by atoms with van der Waals surface area (Å²) in [6.07, 6.45) is 0.767. The van der Waals surface area contributed by atoms with Crippen LogP contribution in [0.25, 0.3) is 10.2 Å². The zero-order valence-electron chi connectivity index (χ0n) is 15.9. The molecule has 6 heteroatoms. The maximum Gasteiger partial charge on any atom is 0.246 e. The Balaban J connectivity index is 1.37. The number of anilines is 2. The SMILES string of the molecule is C[C@@H](Nc1ccc(Cc2nc3ccccc3s2)cc1)C(=O)Nc1ccccc1F. The number of nitrogens with zero attached hydrogens (tertiary/aromatic N) is 1. The predicted octanol–water partition coefficient (Wildman–Crippen LogP) is 5.47. The molecule has 0 spiro atoms. The maximum absolute atomic E-state index is 13.7. The van der Waals surface area contributed by atoms with Crippen LogP contribution in [0.3, 0.4) is 0 Å². The molecule has 4 nitrogen and oxygen atoms in total. The second-order valence-corrected chi connectivity index (χ2v) is 7.90. The molecule has 1 heterocycles. The van der Waals surface area contributed by atoms with Gasteiger partial charge < -0.3 is 10.6 Å². The largest absolute Gasteiger partial charge is 0.374 e. The third-order valence-corrected chi connectivity index (χ3v) is 5.59. The van der Waals surface area contributed by atoms with Crippen molar-refractivity contribution in [1.82, 2.24) is 4.98 Å². The first kappa shape index (κ1) is 19.1. The van der Waals surface area contributed by atoms with Gasteiger partial charge >= 0.3 is 0 Å². The fraction of sp³-hybridized carbons (Fsp3) is 0.130. The Morgan fingerprint density at radius 2 is 1.76 bits per heavy atom. The van der Waals surface area contributed by atoms with E-state index in [4.69, 9.17) is 0 Å². The van der Waals surface area contributed by atoms with E-state index >= 15 is 0 Å². The van der Waals surface area contributed by atoms with Crippen LogP contribution < -0.4 is 10.6 Å². The van der Waals surface area contributed by atoms with Gasteiger partial charge in [0.15, 0.2) is 0 Å². The third kappa shape index (κ3) is 4.60. The number of benzene rings is 3. The van der Waals surface area contributed by atoms with E-state index in [1.54, 1.807) is 30.4 Å². The minimum Gasteiger partial charge on any atom is -0.374 e. The molecule has 1 atom stereocenters. The molecule has 4 aromatic rings. The number of rotatable bonds is 6. The van der Waals surface area contributed by atoms with E-state index in [0.717, 1.165) is 28.2 Å². The Morgan fingerprint density at radius 1 is 1.03 bits per heavy atom. The number of para-hydroxylation sites is 2. The summed E-state index contributed by atoms with van der Waals surface area (Å²) in [4.78, 5) is 17.0. The van der Waals surface area contributed by atoms with Gasteiger partial charge in [0.1, 0.15) is 11.9 Å². The van der Waals surface area contributed by atoms with Crippen molar-refractivity contribution in [3.05, 3.63) is 89.2 Å². The smallest absolute Gasteiger partial charge is 0.246 e. The van der Waals surface area contributed by atoms with Crippen LogP contribution in [0.15, 0.2) is 72.8 Å². The van der Waals surface area contributed by atoms with Crippen molar-refractivity contribution in [2.24, 2.45) is 0 Å². The van der Waals surface area contributed by atoms with E-state index in [1.165, 1.54) is 16.8 Å². The minimum absolute atomic E-state index is 0.178. The molecular weight excluding hydrogens is 385 g/mol. The molecule has 3 aromatic carbocycles. The predicted molar refractivity (Wildman–Crippen MR) is 117 cm³/mol. The van der Waals surface area contributed by atoms with E-state index in [1.807, 2.05) is 42.5 Å². The van der Waals surface area contributed by atoms with Crippen LogP contribution in [0, 0.1) is 5.82 Å². The van der Waals surface area contributed by atoms with Crippen molar-refractivity contribution in [2.45, 2.75) is 19.4 Å². The standard InChI is InChI=1S/C23H20FN3OS/c1-15(23(28)27-19-7-3-2-6-18(19)24)25-17-12-10-16(11-13-17)14-22-26-20-8-4-5-9-21(20)29-22/h2-13,15,25H,14H2,1H3,(H,27,28)/t15-/m1/s1. The molecular formula is C23H20FN3OS. The molecule has 146 valence electrons. The van der Waals surface area contributed by atoms with E-state index in [2.05, 4.69) is 21.7 Å². The summed E-state index contributed by atoms with van der Waals surface area (Å²) < 4.78 is 14.9.